The lowest BCUT2D eigenvalue weighted by molar-refractivity contribution is 0.0946. The molecule has 0 fully saturated rings. The van der Waals surface area contributed by atoms with Gasteiger partial charge in [0.15, 0.2) is 0 Å². The summed E-state index contributed by atoms with van der Waals surface area (Å²) in [5.74, 6) is 5.83. The van der Waals surface area contributed by atoms with Crippen LogP contribution in [0, 0.1) is 17.8 Å². The molecule has 0 unspecified atom stereocenters. The summed E-state index contributed by atoms with van der Waals surface area (Å²) < 4.78 is 0. The summed E-state index contributed by atoms with van der Waals surface area (Å²) in [6, 6.07) is 7.13. The smallest absolute Gasteiger partial charge is 0.251 e. The number of nitrogens with one attached hydrogen (secondary N) is 1. The molecule has 0 aliphatic carbocycles. The molecule has 0 spiro atoms. The molecule has 0 atom stereocenters. The summed E-state index contributed by atoms with van der Waals surface area (Å²) >= 11 is 0. The second kappa shape index (κ2) is 8.34. The zero-order valence-electron chi connectivity index (χ0n) is 11.6. The molecule has 3 heteroatoms. The molecule has 19 heavy (non-hydrogen) atoms. The Morgan fingerprint density at radius 3 is 2.74 bits per heavy atom. The maximum Gasteiger partial charge on any atom is 0.251 e. The van der Waals surface area contributed by atoms with E-state index in [1.165, 1.54) is 0 Å². The zero-order valence-corrected chi connectivity index (χ0v) is 11.6. The lowest BCUT2D eigenvalue weighted by atomic mass is 10.0. The van der Waals surface area contributed by atoms with Gasteiger partial charge in [-0.2, -0.15) is 0 Å². The van der Waals surface area contributed by atoms with Gasteiger partial charge in [-0.25, -0.2) is 0 Å². The van der Waals surface area contributed by atoms with Gasteiger partial charge in [0.25, 0.3) is 5.91 Å². The Bertz CT molecular complexity index is 467. The minimum absolute atomic E-state index is 0.0699. The van der Waals surface area contributed by atoms with Crippen molar-refractivity contribution in [3.63, 3.8) is 0 Å². The SMILES string of the molecule is CCC(CC)CNC(=O)c1cccc(C#CCO)c1. The van der Waals surface area contributed by atoms with Crippen LogP contribution in [0.3, 0.4) is 0 Å². The van der Waals surface area contributed by atoms with Gasteiger partial charge in [0.1, 0.15) is 6.61 Å². The van der Waals surface area contributed by atoms with Gasteiger partial charge in [0, 0.05) is 17.7 Å². The van der Waals surface area contributed by atoms with Crippen molar-refractivity contribution in [1.29, 1.82) is 0 Å². The Labute approximate surface area is 115 Å². The molecule has 0 heterocycles. The van der Waals surface area contributed by atoms with Gasteiger partial charge in [-0.3, -0.25) is 4.79 Å². The van der Waals surface area contributed by atoms with Crippen molar-refractivity contribution in [2.75, 3.05) is 13.2 Å². The van der Waals surface area contributed by atoms with E-state index in [1.807, 2.05) is 6.07 Å². The van der Waals surface area contributed by atoms with E-state index in [9.17, 15) is 4.79 Å². The molecule has 2 N–H and O–H groups in total. The molecule has 3 nitrogen and oxygen atoms in total. The number of rotatable bonds is 5. The molecular formula is C16H21NO2. The normalized spacial score (nSPS) is 9.89. The van der Waals surface area contributed by atoms with Crippen molar-refractivity contribution in [3.8, 4) is 11.8 Å². The molecule has 0 bridgehead atoms. The molecular weight excluding hydrogens is 238 g/mol. The first-order chi connectivity index (χ1) is 9.21. The van der Waals surface area contributed by atoms with E-state index in [0.717, 1.165) is 18.4 Å². The number of hydrogen-bond acceptors (Lipinski definition) is 2. The number of carbonyl (C=O) groups is 1. The van der Waals surface area contributed by atoms with Crippen LogP contribution in [-0.4, -0.2) is 24.2 Å². The van der Waals surface area contributed by atoms with Gasteiger partial charge in [-0.05, 0) is 24.1 Å². The molecule has 0 aliphatic heterocycles. The quantitative estimate of drug-likeness (QED) is 0.796. The molecule has 0 radical (unpaired) electrons. The monoisotopic (exact) mass is 259 g/mol. The first-order valence-electron chi connectivity index (χ1n) is 6.69. The average Bonchev–Trinajstić information content (AvgIpc) is 2.46. The third-order valence-electron chi connectivity index (χ3n) is 3.14. The van der Waals surface area contributed by atoms with Crippen molar-refractivity contribution in [2.24, 2.45) is 5.92 Å². The Morgan fingerprint density at radius 2 is 2.11 bits per heavy atom. The molecule has 1 aromatic rings. The zero-order chi connectivity index (χ0) is 14.1. The van der Waals surface area contributed by atoms with E-state index in [1.54, 1.807) is 18.2 Å². The number of aliphatic hydroxyl groups excluding tert-OH is 1. The molecule has 1 rings (SSSR count). The third kappa shape index (κ3) is 5.15. The minimum atomic E-state index is -0.175. The molecule has 0 saturated heterocycles. The van der Waals surface area contributed by atoms with Gasteiger partial charge in [-0.1, -0.05) is 44.6 Å². The summed E-state index contributed by atoms with van der Waals surface area (Å²) in [6.07, 6.45) is 2.14. The highest BCUT2D eigenvalue weighted by atomic mass is 16.2. The number of benzene rings is 1. The molecule has 0 aromatic heterocycles. The van der Waals surface area contributed by atoms with Crippen LogP contribution in [0.5, 0.6) is 0 Å². The largest absolute Gasteiger partial charge is 0.384 e. The van der Waals surface area contributed by atoms with Gasteiger partial charge in [0.05, 0.1) is 0 Å². The molecule has 0 saturated carbocycles. The predicted molar refractivity (Wildman–Crippen MR) is 76.8 cm³/mol. The van der Waals surface area contributed by atoms with E-state index < -0.39 is 0 Å². The van der Waals surface area contributed by atoms with Crippen LogP contribution >= 0.6 is 0 Å². The van der Waals surface area contributed by atoms with Crippen LogP contribution in [0.1, 0.15) is 42.6 Å². The van der Waals surface area contributed by atoms with Gasteiger partial charge < -0.3 is 10.4 Å². The Morgan fingerprint density at radius 1 is 1.37 bits per heavy atom. The molecule has 102 valence electrons. The summed E-state index contributed by atoms with van der Waals surface area (Å²) in [4.78, 5) is 12.0. The fourth-order valence-electron chi connectivity index (χ4n) is 1.80. The highest BCUT2D eigenvalue weighted by molar-refractivity contribution is 5.94. The van der Waals surface area contributed by atoms with Gasteiger partial charge in [-0.15, -0.1) is 0 Å². The van der Waals surface area contributed by atoms with E-state index >= 15 is 0 Å². The van der Waals surface area contributed by atoms with Crippen LogP contribution in [0.2, 0.25) is 0 Å². The molecule has 1 aromatic carbocycles. The highest BCUT2D eigenvalue weighted by Crippen LogP contribution is 2.07. The summed E-state index contributed by atoms with van der Waals surface area (Å²) in [5, 5.41) is 11.6. The third-order valence-corrected chi connectivity index (χ3v) is 3.14. The van der Waals surface area contributed by atoms with Crippen molar-refractivity contribution in [2.45, 2.75) is 26.7 Å². The van der Waals surface area contributed by atoms with Gasteiger partial charge >= 0.3 is 0 Å². The number of amides is 1. The fraction of sp³-hybridized carbons (Fsp3) is 0.438. The Kier molecular flexibility index (Phi) is 6.70. The summed E-state index contributed by atoms with van der Waals surface area (Å²) in [6.45, 7) is 4.79. The maximum atomic E-state index is 12.0. The topological polar surface area (TPSA) is 49.3 Å². The first-order valence-corrected chi connectivity index (χ1v) is 6.69. The molecule has 1 amide bonds. The van der Waals surface area contributed by atoms with E-state index in [-0.39, 0.29) is 12.5 Å². The number of carbonyl (C=O) groups excluding carboxylic acids is 1. The second-order valence-electron chi connectivity index (χ2n) is 4.43. The standard InChI is InChI=1S/C16H21NO2/c1-3-13(4-2)12-17-16(19)15-9-5-7-14(11-15)8-6-10-18/h5,7,9,11,13,18H,3-4,10,12H2,1-2H3,(H,17,19). The second-order valence-corrected chi connectivity index (χ2v) is 4.43. The summed E-state index contributed by atoms with van der Waals surface area (Å²) in [5.41, 5.74) is 1.35. The lowest BCUT2D eigenvalue weighted by Gasteiger charge is -2.13. The van der Waals surface area contributed by atoms with E-state index in [0.29, 0.717) is 18.0 Å². The van der Waals surface area contributed by atoms with Crippen LogP contribution in [0.15, 0.2) is 24.3 Å². The van der Waals surface area contributed by atoms with Crippen molar-refractivity contribution >= 4 is 5.91 Å². The van der Waals surface area contributed by atoms with Crippen molar-refractivity contribution in [3.05, 3.63) is 35.4 Å². The Hall–Kier alpha value is -1.79. The van der Waals surface area contributed by atoms with Crippen LogP contribution in [0.4, 0.5) is 0 Å². The van der Waals surface area contributed by atoms with Crippen molar-refractivity contribution in [1.82, 2.24) is 5.32 Å². The fourth-order valence-corrected chi connectivity index (χ4v) is 1.80. The van der Waals surface area contributed by atoms with Crippen LogP contribution in [0.25, 0.3) is 0 Å². The minimum Gasteiger partial charge on any atom is -0.384 e. The van der Waals surface area contributed by atoms with Crippen LogP contribution in [-0.2, 0) is 0 Å². The lowest BCUT2D eigenvalue weighted by Crippen LogP contribution is -2.28. The predicted octanol–water partition coefficient (Wildman–Crippen LogP) is 2.20. The van der Waals surface area contributed by atoms with E-state index in [4.69, 9.17) is 5.11 Å². The first kappa shape index (κ1) is 15.3. The summed E-state index contributed by atoms with van der Waals surface area (Å²) in [7, 11) is 0. The Balaban J connectivity index is 2.66. The molecule has 0 aliphatic rings. The highest BCUT2D eigenvalue weighted by Gasteiger charge is 2.08. The van der Waals surface area contributed by atoms with Gasteiger partial charge in [0.2, 0.25) is 0 Å². The van der Waals surface area contributed by atoms with E-state index in [2.05, 4.69) is 31.0 Å². The van der Waals surface area contributed by atoms with Crippen molar-refractivity contribution < 1.29 is 9.90 Å². The van der Waals surface area contributed by atoms with Crippen LogP contribution < -0.4 is 5.32 Å². The number of aliphatic hydroxyl groups is 1. The maximum absolute atomic E-state index is 12.0. The number of hydrogen-bond donors (Lipinski definition) is 2. The average molecular weight is 259 g/mol.